The van der Waals surface area contributed by atoms with Crippen molar-refractivity contribution in [3.05, 3.63) is 64.1 Å². The molecule has 1 saturated carbocycles. The van der Waals surface area contributed by atoms with Gasteiger partial charge in [-0.1, -0.05) is 6.07 Å². The van der Waals surface area contributed by atoms with Crippen LogP contribution in [0.2, 0.25) is 0 Å². The van der Waals surface area contributed by atoms with Crippen molar-refractivity contribution in [3.8, 4) is 5.75 Å². The summed E-state index contributed by atoms with van der Waals surface area (Å²) in [6.45, 7) is 1.08. The van der Waals surface area contributed by atoms with E-state index in [-0.39, 0.29) is 35.7 Å². The second-order valence-corrected chi connectivity index (χ2v) is 9.23. The number of nitrogens with one attached hydrogen (secondary N) is 2. The maximum Gasteiger partial charge on any atom is 0.416 e. The maximum absolute atomic E-state index is 12.8. The Morgan fingerprint density at radius 1 is 1.06 bits per heavy atom. The second kappa shape index (κ2) is 10.7. The van der Waals surface area contributed by atoms with Crippen LogP contribution in [-0.2, 0) is 11.0 Å². The standard InChI is InChI=1S/C25H29F3N4O4/c1-36-21-6-3-11-32(24(21)35)20-9-7-19(8-10-20)31-14-18(15-31)30-22(33)13-29-23(34)16-4-2-5-17(12-16)25(26,27)28/h2-6,11-12,18-20H,7-10,13-15H2,1H3,(H,29,34)(H,30,33)/t19-,20+. The Morgan fingerprint density at radius 2 is 1.75 bits per heavy atom. The van der Waals surface area contributed by atoms with Crippen LogP contribution in [0.4, 0.5) is 13.2 Å². The number of benzene rings is 1. The molecule has 1 saturated heterocycles. The third-order valence-corrected chi connectivity index (χ3v) is 6.87. The van der Waals surface area contributed by atoms with Crippen molar-refractivity contribution in [2.45, 2.75) is 50.0 Å². The van der Waals surface area contributed by atoms with Gasteiger partial charge < -0.3 is 19.9 Å². The molecule has 0 spiro atoms. The molecule has 0 atom stereocenters. The lowest BCUT2D eigenvalue weighted by Gasteiger charge is -2.46. The molecule has 2 aliphatic rings. The molecule has 2 fully saturated rings. The predicted octanol–water partition coefficient (Wildman–Crippen LogP) is 2.59. The quantitative estimate of drug-likeness (QED) is 0.603. The van der Waals surface area contributed by atoms with Gasteiger partial charge in [0.2, 0.25) is 5.91 Å². The molecule has 2 heterocycles. The summed E-state index contributed by atoms with van der Waals surface area (Å²) >= 11 is 0. The normalized spacial score (nSPS) is 20.9. The van der Waals surface area contributed by atoms with Gasteiger partial charge in [-0.05, 0) is 56.0 Å². The van der Waals surface area contributed by atoms with Crippen LogP contribution in [0, 0.1) is 0 Å². The summed E-state index contributed by atoms with van der Waals surface area (Å²) in [6.07, 6.45) is 0.913. The summed E-state index contributed by atoms with van der Waals surface area (Å²) < 4.78 is 45.4. The lowest BCUT2D eigenvalue weighted by atomic mass is 9.87. The first-order chi connectivity index (χ1) is 17.2. The Labute approximate surface area is 206 Å². The molecule has 0 unspecified atom stereocenters. The molecular formula is C25H29F3N4O4. The predicted molar refractivity (Wildman–Crippen MR) is 126 cm³/mol. The summed E-state index contributed by atoms with van der Waals surface area (Å²) in [5.74, 6) is -0.786. The van der Waals surface area contributed by atoms with Crippen molar-refractivity contribution in [1.29, 1.82) is 0 Å². The Hall–Kier alpha value is -3.34. The van der Waals surface area contributed by atoms with Crippen LogP contribution in [-0.4, -0.2) is 60.1 Å². The lowest BCUT2D eigenvalue weighted by Crippen LogP contribution is -2.63. The second-order valence-electron chi connectivity index (χ2n) is 9.23. The van der Waals surface area contributed by atoms with Gasteiger partial charge in [-0.2, -0.15) is 13.2 Å². The van der Waals surface area contributed by atoms with Gasteiger partial charge in [0.1, 0.15) is 0 Å². The molecule has 194 valence electrons. The Balaban J connectivity index is 1.18. The smallest absolute Gasteiger partial charge is 0.416 e. The fraction of sp³-hybridized carbons (Fsp3) is 0.480. The summed E-state index contributed by atoms with van der Waals surface area (Å²) in [7, 11) is 1.49. The van der Waals surface area contributed by atoms with E-state index in [0.717, 1.165) is 43.9 Å². The van der Waals surface area contributed by atoms with Gasteiger partial charge in [0.15, 0.2) is 5.75 Å². The van der Waals surface area contributed by atoms with E-state index in [1.165, 1.54) is 13.2 Å². The van der Waals surface area contributed by atoms with Gasteiger partial charge in [0, 0.05) is 36.9 Å². The molecule has 1 aliphatic heterocycles. The number of hydrogen-bond donors (Lipinski definition) is 2. The van der Waals surface area contributed by atoms with Gasteiger partial charge >= 0.3 is 6.18 Å². The monoisotopic (exact) mass is 506 g/mol. The number of amides is 2. The number of halogens is 3. The van der Waals surface area contributed by atoms with Crippen molar-refractivity contribution in [2.24, 2.45) is 0 Å². The van der Waals surface area contributed by atoms with Crippen LogP contribution in [0.3, 0.4) is 0 Å². The number of rotatable bonds is 7. The molecule has 4 rings (SSSR count). The van der Waals surface area contributed by atoms with E-state index in [1.807, 2.05) is 6.07 Å². The molecule has 2 amide bonds. The molecule has 0 radical (unpaired) electrons. The Kier molecular flexibility index (Phi) is 7.67. The third-order valence-electron chi connectivity index (χ3n) is 6.87. The van der Waals surface area contributed by atoms with Crippen LogP contribution in [0.1, 0.15) is 47.6 Å². The van der Waals surface area contributed by atoms with Crippen LogP contribution in [0.5, 0.6) is 5.75 Å². The highest BCUT2D eigenvalue weighted by atomic mass is 19.4. The van der Waals surface area contributed by atoms with E-state index in [4.69, 9.17) is 4.74 Å². The van der Waals surface area contributed by atoms with Gasteiger partial charge in [0.05, 0.1) is 25.3 Å². The first kappa shape index (κ1) is 25.7. The van der Waals surface area contributed by atoms with Crippen molar-refractivity contribution in [3.63, 3.8) is 0 Å². The number of aromatic nitrogens is 1. The van der Waals surface area contributed by atoms with E-state index in [0.29, 0.717) is 24.9 Å². The van der Waals surface area contributed by atoms with Crippen molar-refractivity contribution in [2.75, 3.05) is 26.7 Å². The van der Waals surface area contributed by atoms with E-state index < -0.39 is 17.6 Å². The SMILES string of the molecule is COc1cccn([C@H]2CC[C@@H](N3CC(NC(=O)CNC(=O)c4cccc(C(F)(F)F)c4)C3)CC2)c1=O. The molecule has 8 nitrogen and oxygen atoms in total. The molecular weight excluding hydrogens is 477 g/mol. The van der Waals surface area contributed by atoms with E-state index in [9.17, 15) is 27.6 Å². The van der Waals surface area contributed by atoms with E-state index >= 15 is 0 Å². The maximum atomic E-state index is 12.8. The topological polar surface area (TPSA) is 92.7 Å². The zero-order valence-electron chi connectivity index (χ0n) is 19.9. The lowest BCUT2D eigenvalue weighted by molar-refractivity contribution is -0.137. The Morgan fingerprint density at radius 3 is 2.42 bits per heavy atom. The van der Waals surface area contributed by atoms with Crippen molar-refractivity contribution >= 4 is 11.8 Å². The molecule has 1 aromatic carbocycles. The zero-order valence-corrected chi connectivity index (χ0v) is 19.9. The highest BCUT2D eigenvalue weighted by Gasteiger charge is 2.36. The first-order valence-corrected chi connectivity index (χ1v) is 11.9. The Bertz CT molecular complexity index is 1150. The number of carbonyl (C=O) groups excluding carboxylic acids is 2. The molecule has 2 N–H and O–H groups in total. The summed E-state index contributed by atoms with van der Waals surface area (Å²) in [5, 5.41) is 5.22. The number of carbonyl (C=O) groups is 2. The van der Waals surface area contributed by atoms with Crippen LogP contribution >= 0.6 is 0 Å². The number of hydrogen-bond acceptors (Lipinski definition) is 5. The highest BCUT2D eigenvalue weighted by Crippen LogP contribution is 2.32. The van der Waals surface area contributed by atoms with Gasteiger partial charge in [0.25, 0.3) is 11.5 Å². The number of nitrogens with zero attached hydrogens (tertiary/aromatic N) is 2. The number of alkyl halides is 3. The average molecular weight is 507 g/mol. The third kappa shape index (κ3) is 5.89. The largest absolute Gasteiger partial charge is 0.491 e. The van der Waals surface area contributed by atoms with Gasteiger partial charge in [-0.25, -0.2) is 0 Å². The molecule has 0 bridgehead atoms. The van der Waals surface area contributed by atoms with Crippen molar-refractivity contribution < 1.29 is 27.5 Å². The van der Waals surface area contributed by atoms with Crippen LogP contribution in [0.15, 0.2) is 47.4 Å². The average Bonchev–Trinajstić information content (AvgIpc) is 2.84. The fourth-order valence-electron chi connectivity index (χ4n) is 4.91. The zero-order chi connectivity index (χ0) is 25.9. The molecule has 36 heavy (non-hydrogen) atoms. The number of pyridine rings is 1. The minimum atomic E-state index is -4.55. The van der Waals surface area contributed by atoms with Crippen LogP contribution in [0.25, 0.3) is 0 Å². The van der Waals surface area contributed by atoms with Crippen LogP contribution < -0.4 is 20.9 Å². The summed E-state index contributed by atoms with van der Waals surface area (Å²) in [6, 6.07) is 8.04. The number of likely N-dealkylation sites (tertiary alicyclic amines) is 1. The first-order valence-electron chi connectivity index (χ1n) is 11.9. The minimum absolute atomic E-state index is 0.0401. The number of methoxy groups -OCH3 is 1. The highest BCUT2D eigenvalue weighted by molar-refractivity contribution is 5.96. The molecule has 2 aromatic rings. The summed E-state index contributed by atoms with van der Waals surface area (Å²) in [5.41, 5.74) is -1.19. The molecule has 1 aliphatic carbocycles. The number of ether oxygens (including phenoxy) is 1. The molecule has 11 heteroatoms. The summed E-state index contributed by atoms with van der Waals surface area (Å²) in [4.78, 5) is 39.1. The van der Waals surface area contributed by atoms with Gasteiger partial charge in [-0.3, -0.25) is 19.3 Å². The van der Waals surface area contributed by atoms with Crippen molar-refractivity contribution in [1.82, 2.24) is 20.1 Å². The fourth-order valence-corrected chi connectivity index (χ4v) is 4.91. The van der Waals surface area contributed by atoms with E-state index in [1.54, 1.807) is 16.8 Å². The minimum Gasteiger partial charge on any atom is -0.491 e. The molecule has 1 aromatic heterocycles. The van der Waals surface area contributed by atoms with E-state index in [2.05, 4.69) is 15.5 Å². The van der Waals surface area contributed by atoms with Gasteiger partial charge in [-0.15, -0.1) is 0 Å².